The highest BCUT2D eigenvalue weighted by Gasteiger charge is 1.90. The van der Waals surface area contributed by atoms with E-state index >= 15 is 0 Å². The largest absolute Gasteiger partial charge is 0.271 e. The molecule has 11 heavy (non-hydrogen) atoms. The Morgan fingerprint density at radius 3 is 3.18 bits per heavy atom. The fraction of sp³-hybridized carbons (Fsp3) is 0.429. The number of thiocarbonyl (C=S) groups is 1. The number of rotatable bonds is 3. The SMILES string of the molecule is Cc1ccn(CCN=C=S)n1. The van der Waals surface area contributed by atoms with Crippen molar-refractivity contribution in [2.24, 2.45) is 4.99 Å². The van der Waals surface area contributed by atoms with Gasteiger partial charge in [-0.3, -0.25) is 4.68 Å². The molecule has 0 aliphatic carbocycles. The average Bonchev–Trinajstić information content (AvgIpc) is 2.37. The molecule has 1 aromatic heterocycles. The first-order valence-electron chi connectivity index (χ1n) is 3.36. The highest BCUT2D eigenvalue weighted by atomic mass is 32.1. The molecule has 0 N–H and O–H groups in total. The Morgan fingerprint density at radius 2 is 2.64 bits per heavy atom. The van der Waals surface area contributed by atoms with Crippen LogP contribution in [0.15, 0.2) is 17.3 Å². The van der Waals surface area contributed by atoms with Crippen LogP contribution in [-0.2, 0) is 6.54 Å². The maximum atomic E-state index is 4.43. The van der Waals surface area contributed by atoms with Crippen molar-refractivity contribution >= 4 is 17.4 Å². The lowest BCUT2D eigenvalue weighted by Gasteiger charge is -1.94. The molecule has 0 saturated carbocycles. The Kier molecular flexibility index (Phi) is 2.95. The quantitative estimate of drug-likeness (QED) is 0.501. The lowest BCUT2D eigenvalue weighted by atomic mass is 10.5. The number of aromatic nitrogens is 2. The van der Waals surface area contributed by atoms with Gasteiger partial charge in [0.2, 0.25) is 0 Å². The van der Waals surface area contributed by atoms with Crippen LogP contribution in [0.4, 0.5) is 0 Å². The summed E-state index contributed by atoms with van der Waals surface area (Å²) in [5.41, 5.74) is 1.02. The lowest BCUT2D eigenvalue weighted by Crippen LogP contribution is -2.01. The number of hydrogen-bond acceptors (Lipinski definition) is 3. The minimum Gasteiger partial charge on any atom is -0.271 e. The number of isothiocyanates is 1. The highest BCUT2D eigenvalue weighted by Crippen LogP contribution is 1.91. The summed E-state index contributed by atoms with van der Waals surface area (Å²) in [5, 5.41) is 6.49. The van der Waals surface area contributed by atoms with E-state index in [-0.39, 0.29) is 0 Å². The summed E-state index contributed by atoms with van der Waals surface area (Å²) in [4.78, 5) is 3.78. The number of aryl methyl sites for hydroxylation is 1. The molecule has 0 atom stereocenters. The van der Waals surface area contributed by atoms with E-state index in [1.165, 1.54) is 0 Å². The van der Waals surface area contributed by atoms with Crippen molar-refractivity contribution < 1.29 is 0 Å². The smallest absolute Gasteiger partial charge is 0.0689 e. The summed E-state index contributed by atoms with van der Waals surface area (Å²) in [6.07, 6.45) is 1.92. The summed E-state index contributed by atoms with van der Waals surface area (Å²) in [7, 11) is 0. The summed E-state index contributed by atoms with van der Waals surface area (Å²) in [6, 6.07) is 1.96. The maximum absolute atomic E-state index is 4.43. The van der Waals surface area contributed by atoms with Crippen molar-refractivity contribution in [3.05, 3.63) is 18.0 Å². The van der Waals surface area contributed by atoms with Crippen LogP contribution in [-0.4, -0.2) is 21.5 Å². The predicted octanol–water partition coefficient (Wildman–Crippen LogP) is 1.29. The van der Waals surface area contributed by atoms with Gasteiger partial charge in [0.05, 0.1) is 23.9 Å². The number of nitrogens with zero attached hydrogens (tertiary/aromatic N) is 3. The highest BCUT2D eigenvalue weighted by molar-refractivity contribution is 7.78. The zero-order valence-electron chi connectivity index (χ0n) is 6.32. The summed E-state index contributed by atoms with van der Waals surface area (Å²) in [5.74, 6) is 0. The molecule has 0 aromatic carbocycles. The van der Waals surface area contributed by atoms with Gasteiger partial charge in [-0.1, -0.05) is 0 Å². The Balaban J connectivity index is 2.44. The fourth-order valence-electron chi connectivity index (χ4n) is 0.786. The number of aliphatic imine (C=N–C) groups is 1. The van der Waals surface area contributed by atoms with Crippen molar-refractivity contribution in [2.75, 3.05) is 6.54 Å². The van der Waals surface area contributed by atoms with Crippen LogP contribution < -0.4 is 0 Å². The molecule has 0 aliphatic heterocycles. The molecule has 0 unspecified atom stereocenters. The van der Waals surface area contributed by atoms with Gasteiger partial charge < -0.3 is 0 Å². The summed E-state index contributed by atoms with van der Waals surface area (Å²) >= 11 is 4.43. The number of hydrogen-bond donors (Lipinski definition) is 0. The Bertz CT molecular complexity index is 273. The monoisotopic (exact) mass is 167 g/mol. The predicted molar refractivity (Wildman–Crippen MR) is 46.9 cm³/mol. The summed E-state index contributed by atoms with van der Waals surface area (Å²) in [6.45, 7) is 3.39. The first kappa shape index (κ1) is 8.11. The Hall–Kier alpha value is -0.990. The fourth-order valence-corrected chi connectivity index (χ4v) is 0.877. The molecule has 4 heteroatoms. The Morgan fingerprint density at radius 1 is 1.82 bits per heavy atom. The van der Waals surface area contributed by atoms with Crippen molar-refractivity contribution in [1.82, 2.24) is 9.78 Å². The molecule has 1 heterocycles. The molecular formula is C7H9N3S. The zero-order valence-corrected chi connectivity index (χ0v) is 7.14. The van der Waals surface area contributed by atoms with Crippen molar-refractivity contribution in [2.45, 2.75) is 13.5 Å². The van der Waals surface area contributed by atoms with Crippen LogP contribution in [0.5, 0.6) is 0 Å². The van der Waals surface area contributed by atoms with Gasteiger partial charge in [-0.2, -0.15) is 5.10 Å². The van der Waals surface area contributed by atoms with Crippen LogP contribution in [0.2, 0.25) is 0 Å². The van der Waals surface area contributed by atoms with E-state index in [2.05, 4.69) is 27.5 Å². The van der Waals surface area contributed by atoms with Gasteiger partial charge in [0.15, 0.2) is 0 Å². The third-order valence-electron chi connectivity index (χ3n) is 1.28. The minimum atomic E-state index is 0.657. The van der Waals surface area contributed by atoms with E-state index in [9.17, 15) is 0 Å². The van der Waals surface area contributed by atoms with Crippen LogP contribution in [0.1, 0.15) is 5.69 Å². The molecule has 0 fully saturated rings. The molecule has 1 rings (SSSR count). The van der Waals surface area contributed by atoms with E-state index in [4.69, 9.17) is 0 Å². The van der Waals surface area contributed by atoms with Gasteiger partial charge in [0, 0.05) is 6.20 Å². The second-order valence-corrected chi connectivity index (χ2v) is 2.38. The molecule has 0 spiro atoms. The molecular weight excluding hydrogens is 158 g/mol. The van der Waals surface area contributed by atoms with Gasteiger partial charge in [0.25, 0.3) is 0 Å². The van der Waals surface area contributed by atoms with Crippen LogP contribution in [0.25, 0.3) is 0 Å². The van der Waals surface area contributed by atoms with Crippen LogP contribution in [0.3, 0.4) is 0 Å². The third kappa shape index (κ3) is 2.62. The van der Waals surface area contributed by atoms with Crippen molar-refractivity contribution in [3.8, 4) is 0 Å². The zero-order chi connectivity index (χ0) is 8.10. The van der Waals surface area contributed by atoms with Gasteiger partial charge in [-0.25, -0.2) is 4.99 Å². The Labute approximate surface area is 70.8 Å². The van der Waals surface area contributed by atoms with Gasteiger partial charge in [-0.15, -0.1) is 0 Å². The molecule has 0 aliphatic rings. The van der Waals surface area contributed by atoms with Gasteiger partial charge in [0.1, 0.15) is 0 Å². The van der Waals surface area contributed by atoms with E-state index < -0.39 is 0 Å². The second kappa shape index (κ2) is 4.01. The first-order valence-corrected chi connectivity index (χ1v) is 3.77. The molecule has 0 radical (unpaired) electrons. The van der Waals surface area contributed by atoms with Gasteiger partial charge in [-0.05, 0) is 25.2 Å². The summed E-state index contributed by atoms with van der Waals surface area (Å²) < 4.78 is 1.84. The topological polar surface area (TPSA) is 30.2 Å². The van der Waals surface area contributed by atoms with Crippen molar-refractivity contribution in [1.29, 1.82) is 0 Å². The molecule has 0 bridgehead atoms. The first-order chi connectivity index (χ1) is 5.33. The lowest BCUT2D eigenvalue weighted by molar-refractivity contribution is 0.622. The second-order valence-electron chi connectivity index (χ2n) is 2.19. The van der Waals surface area contributed by atoms with Crippen LogP contribution in [0, 0.1) is 6.92 Å². The van der Waals surface area contributed by atoms with E-state index in [1.54, 1.807) is 0 Å². The van der Waals surface area contributed by atoms with E-state index in [0.29, 0.717) is 6.54 Å². The van der Waals surface area contributed by atoms with E-state index in [1.807, 2.05) is 23.9 Å². The molecule has 1 aromatic rings. The molecule has 58 valence electrons. The standard InChI is InChI=1S/C7H9N3S/c1-7-2-4-10(9-7)5-3-8-6-11/h2,4H,3,5H2,1H3. The minimum absolute atomic E-state index is 0.657. The molecule has 0 amide bonds. The van der Waals surface area contributed by atoms with Crippen LogP contribution >= 0.6 is 12.2 Å². The van der Waals surface area contributed by atoms with E-state index in [0.717, 1.165) is 12.2 Å². The molecule has 0 saturated heterocycles. The normalized spacial score (nSPS) is 9.18. The average molecular weight is 167 g/mol. The third-order valence-corrected chi connectivity index (χ3v) is 1.41. The molecule has 3 nitrogen and oxygen atoms in total. The maximum Gasteiger partial charge on any atom is 0.0689 e. The van der Waals surface area contributed by atoms with Gasteiger partial charge >= 0.3 is 0 Å². The van der Waals surface area contributed by atoms with Crippen molar-refractivity contribution in [3.63, 3.8) is 0 Å².